The van der Waals surface area contributed by atoms with E-state index in [4.69, 9.17) is 5.10 Å². The second-order valence-electron chi connectivity index (χ2n) is 6.29. The van der Waals surface area contributed by atoms with E-state index in [9.17, 15) is 0 Å². The van der Waals surface area contributed by atoms with Crippen molar-refractivity contribution < 1.29 is 0 Å². The molecule has 0 amide bonds. The summed E-state index contributed by atoms with van der Waals surface area (Å²) in [6.07, 6.45) is 8.08. The summed E-state index contributed by atoms with van der Waals surface area (Å²) in [7, 11) is 0. The first-order valence-electron chi connectivity index (χ1n) is 8.94. The van der Waals surface area contributed by atoms with Crippen LogP contribution in [-0.2, 0) is 19.5 Å². The molecule has 3 heterocycles. The number of aromatic nitrogens is 6. The zero-order chi connectivity index (χ0) is 18.3. The first kappa shape index (κ1) is 17.1. The van der Waals surface area contributed by atoms with E-state index in [1.165, 1.54) is 11.9 Å². The van der Waals surface area contributed by atoms with Crippen LogP contribution < -0.4 is 5.32 Å². The van der Waals surface area contributed by atoms with E-state index in [0.717, 1.165) is 48.7 Å². The fraction of sp³-hybridized carbons (Fsp3) is 0.200. The number of nitrogens with zero attached hydrogens (tertiary/aromatic N) is 5. The second-order valence-corrected chi connectivity index (χ2v) is 6.29. The molecule has 4 aromatic rings. The van der Waals surface area contributed by atoms with Gasteiger partial charge in [-0.2, -0.15) is 10.2 Å². The van der Waals surface area contributed by atoms with Crippen LogP contribution in [0.5, 0.6) is 0 Å². The van der Waals surface area contributed by atoms with Gasteiger partial charge in [0.15, 0.2) is 0 Å². The van der Waals surface area contributed by atoms with E-state index in [0.29, 0.717) is 0 Å². The number of nitrogens with one attached hydrogen (secondary N) is 2. The summed E-state index contributed by atoms with van der Waals surface area (Å²) >= 11 is 0. The third-order valence-electron chi connectivity index (χ3n) is 4.28. The molecule has 0 spiro atoms. The highest BCUT2D eigenvalue weighted by atomic mass is 15.3. The quantitative estimate of drug-likeness (QED) is 0.472. The molecule has 0 atom stereocenters. The molecule has 0 saturated heterocycles. The Labute approximate surface area is 157 Å². The maximum atomic E-state index is 4.81. The number of benzene rings is 1. The minimum absolute atomic E-state index is 0.729. The summed E-state index contributed by atoms with van der Waals surface area (Å²) in [6, 6.07) is 14.3. The van der Waals surface area contributed by atoms with Crippen molar-refractivity contribution in [3.8, 4) is 11.3 Å². The summed E-state index contributed by atoms with van der Waals surface area (Å²) in [6.45, 7) is 2.28. The molecule has 7 nitrogen and oxygen atoms in total. The highest BCUT2D eigenvalue weighted by molar-refractivity contribution is 5.61. The lowest BCUT2D eigenvalue weighted by atomic mass is 10.1. The van der Waals surface area contributed by atoms with Crippen molar-refractivity contribution in [1.29, 1.82) is 0 Å². The standard InChI is InChI=1S/C20H21N7/c1-2-5-16(6-3-1)13-27-14-18(12-22-10-8-19-23-15-24-25-19)20(26-27)17-7-4-9-21-11-17/h1-7,9,11,14-15,22H,8,10,12-13H2,(H,23,24,25). The van der Waals surface area contributed by atoms with E-state index >= 15 is 0 Å². The van der Waals surface area contributed by atoms with Gasteiger partial charge in [0.1, 0.15) is 12.2 Å². The average molecular weight is 359 g/mol. The van der Waals surface area contributed by atoms with Gasteiger partial charge in [0.2, 0.25) is 0 Å². The van der Waals surface area contributed by atoms with Crippen LogP contribution in [0.3, 0.4) is 0 Å². The van der Waals surface area contributed by atoms with Gasteiger partial charge in [0.05, 0.1) is 12.2 Å². The fourth-order valence-corrected chi connectivity index (χ4v) is 2.97. The highest BCUT2D eigenvalue weighted by Crippen LogP contribution is 2.21. The third-order valence-corrected chi connectivity index (χ3v) is 4.28. The van der Waals surface area contributed by atoms with E-state index in [2.05, 4.69) is 43.8 Å². The van der Waals surface area contributed by atoms with Crippen LogP contribution in [0.25, 0.3) is 11.3 Å². The van der Waals surface area contributed by atoms with Crippen molar-refractivity contribution in [3.63, 3.8) is 0 Å². The van der Waals surface area contributed by atoms with Crippen molar-refractivity contribution in [2.45, 2.75) is 19.5 Å². The van der Waals surface area contributed by atoms with E-state index in [1.807, 2.05) is 41.2 Å². The Hall–Kier alpha value is -3.32. The summed E-state index contributed by atoms with van der Waals surface area (Å²) in [5, 5.41) is 15.0. The van der Waals surface area contributed by atoms with Crippen LogP contribution in [0.4, 0.5) is 0 Å². The molecule has 27 heavy (non-hydrogen) atoms. The summed E-state index contributed by atoms with van der Waals surface area (Å²) in [5.74, 6) is 0.884. The lowest BCUT2D eigenvalue weighted by Crippen LogP contribution is -2.17. The molecule has 3 aromatic heterocycles. The molecule has 7 heteroatoms. The van der Waals surface area contributed by atoms with Gasteiger partial charge in [-0.15, -0.1) is 0 Å². The number of rotatable bonds is 8. The van der Waals surface area contributed by atoms with Crippen LogP contribution in [0.1, 0.15) is 17.0 Å². The Bertz CT molecular complexity index is 947. The maximum absolute atomic E-state index is 4.81. The van der Waals surface area contributed by atoms with Gasteiger partial charge >= 0.3 is 0 Å². The van der Waals surface area contributed by atoms with Crippen molar-refractivity contribution in [2.75, 3.05) is 6.54 Å². The van der Waals surface area contributed by atoms with E-state index in [-0.39, 0.29) is 0 Å². The molecule has 0 unspecified atom stereocenters. The topological polar surface area (TPSA) is 84.3 Å². The normalized spacial score (nSPS) is 11.0. The molecule has 0 radical (unpaired) electrons. The second kappa shape index (κ2) is 8.37. The Morgan fingerprint density at radius 3 is 2.78 bits per heavy atom. The van der Waals surface area contributed by atoms with Crippen molar-refractivity contribution >= 4 is 0 Å². The van der Waals surface area contributed by atoms with Crippen molar-refractivity contribution in [3.05, 3.63) is 84.3 Å². The molecular weight excluding hydrogens is 338 g/mol. The molecule has 4 rings (SSSR count). The summed E-state index contributed by atoms with van der Waals surface area (Å²) in [5.41, 5.74) is 4.36. The van der Waals surface area contributed by atoms with E-state index in [1.54, 1.807) is 6.20 Å². The number of hydrogen-bond acceptors (Lipinski definition) is 5. The lowest BCUT2D eigenvalue weighted by Gasteiger charge is -2.04. The molecule has 0 aliphatic heterocycles. The van der Waals surface area contributed by atoms with Crippen LogP contribution >= 0.6 is 0 Å². The first-order valence-corrected chi connectivity index (χ1v) is 8.94. The minimum Gasteiger partial charge on any atom is -0.312 e. The Kier molecular flexibility index (Phi) is 5.31. The van der Waals surface area contributed by atoms with Crippen LogP contribution in [-0.4, -0.2) is 36.5 Å². The molecule has 1 aromatic carbocycles. The Morgan fingerprint density at radius 1 is 1.07 bits per heavy atom. The maximum Gasteiger partial charge on any atom is 0.137 e. The molecule has 136 valence electrons. The SMILES string of the molecule is c1ccc(Cn2cc(CNCCc3ncn[nH]3)c(-c3cccnc3)n2)cc1. The molecule has 0 bridgehead atoms. The average Bonchev–Trinajstić information content (AvgIpc) is 3.37. The molecule has 0 aliphatic rings. The molecule has 2 N–H and O–H groups in total. The third kappa shape index (κ3) is 4.45. The number of H-pyrrole nitrogens is 1. The van der Waals surface area contributed by atoms with Gasteiger partial charge in [-0.25, -0.2) is 4.98 Å². The molecule has 0 fully saturated rings. The van der Waals surface area contributed by atoms with Crippen LogP contribution in [0.15, 0.2) is 67.4 Å². The predicted octanol–water partition coefficient (Wildman–Crippen LogP) is 2.44. The monoisotopic (exact) mass is 359 g/mol. The predicted molar refractivity (Wildman–Crippen MR) is 103 cm³/mol. The highest BCUT2D eigenvalue weighted by Gasteiger charge is 2.11. The fourth-order valence-electron chi connectivity index (χ4n) is 2.97. The van der Waals surface area contributed by atoms with Crippen molar-refractivity contribution in [1.82, 2.24) is 35.3 Å². The molecule has 0 saturated carbocycles. The molecule has 0 aliphatic carbocycles. The van der Waals surface area contributed by atoms with E-state index < -0.39 is 0 Å². The van der Waals surface area contributed by atoms with Gasteiger partial charge in [0, 0.05) is 49.2 Å². The van der Waals surface area contributed by atoms with Gasteiger partial charge in [0.25, 0.3) is 0 Å². The lowest BCUT2D eigenvalue weighted by molar-refractivity contribution is 0.666. The Balaban J connectivity index is 1.49. The largest absolute Gasteiger partial charge is 0.312 e. The van der Waals surface area contributed by atoms with Gasteiger partial charge in [-0.1, -0.05) is 30.3 Å². The van der Waals surface area contributed by atoms with Gasteiger partial charge < -0.3 is 5.32 Å². The van der Waals surface area contributed by atoms with Crippen molar-refractivity contribution in [2.24, 2.45) is 0 Å². The Morgan fingerprint density at radius 2 is 2.00 bits per heavy atom. The smallest absolute Gasteiger partial charge is 0.137 e. The number of pyridine rings is 1. The summed E-state index contributed by atoms with van der Waals surface area (Å²) in [4.78, 5) is 8.38. The number of aromatic amines is 1. The number of hydrogen-bond donors (Lipinski definition) is 2. The zero-order valence-electron chi connectivity index (χ0n) is 14.9. The first-order chi connectivity index (χ1) is 13.4. The minimum atomic E-state index is 0.729. The van der Waals surface area contributed by atoms with Gasteiger partial charge in [-0.3, -0.25) is 14.8 Å². The zero-order valence-corrected chi connectivity index (χ0v) is 14.9. The van der Waals surface area contributed by atoms with Gasteiger partial charge in [-0.05, 0) is 17.7 Å². The summed E-state index contributed by atoms with van der Waals surface area (Å²) < 4.78 is 1.99. The van der Waals surface area contributed by atoms with Crippen LogP contribution in [0, 0.1) is 0 Å². The molecular formula is C20H21N7. The van der Waals surface area contributed by atoms with Crippen LogP contribution in [0.2, 0.25) is 0 Å².